The Hall–Kier alpha value is 1.06. The van der Waals surface area contributed by atoms with Crippen LogP contribution in [0.4, 0.5) is 0 Å². The van der Waals surface area contributed by atoms with E-state index < -0.39 is 0 Å². The third-order valence-electron chi connectivity index (χ3n) is 0.907. The third-order valence-corrected chi connectivity index (χ3v) is 1.86. The molecule has 0 aliphatic rings. The molecular formula is C9H19NaO3S3. The van der Waals surface area contributed by atoms with Gasteiger partial charge < -0.3 is 1.43 Å². The van der Waals surface area contributed by atoms with Crippen molar-refractivity contribution < 1.29 is 45.4 Å². The summed E-state index contributed by atoms with van der Waals surface area (Å²) in [5.41, 5.74) is 0. The van der Waals surface area contributed by atoms with Crippen LogP contribution >= 0.6 is 37.9 Å². The van der Waals surface area contributed by atoms with E-state index in [1.165, 1.54) is 0 Å². The minimum absolute atomic E-state index is 0. The minimum atomic E-state index is -0.0509. The average Bonchev–Trinajstić information content (AvgIpc) is 2.19. The van der Waals surface area contributed by atoms with Crippen LogP contribution in [0.2, 0.25) is 0 Å². The zero-order valence-electron chi connectivity index (χ0n) is 11.2. The number of carbonyl (C=O) groups excluding carboxylic acids is 3. The monoisotopic (exact) mass is 294 g/mol. The summed E-state index contributed by atoms with van der Waals surface area (Å²) in [5.74, 6) is 0. The molecule has 0 spiro atoms. The second-order valence-electron chi connectivity index (χ2n) is 2.24. The molecule has 0 N–H and O–H groups in total. The molecule has 7 heteroatoms. The predicted molar refractivity (Wildman–Crippen MR) is 74.0 cm³/mol. The molecule has 0 aliphatic carbocycles. The van der Waals surface area contributed by atoms with Gasteiger partial charge in [0.15, 0.2) is 15.3 Å². The first-order valence-electron chi connectivity index (χ1n) is 4.47. The fourth-order valence-electron chi connectivity index (χ4n) is 0. The second-order valence-corrected chi connectivity index (χ2v) is 3.74. The molecule has 0 fully saturated rings. The number of hydrogen-bond acceptors (Lipinski definition) is 3. The van der Waals surface area contributed by atoms with Crippen LogP contribution in [0.5, 0.6) is 0 Å². The van der Waals surface area contributed by atoms with E-state index in [0.29, 0.717) is 19.3 Å². The van der Waals surface area contributed by atoms with Gasteiger partial charge in [-0.05, 0) is 0 Å². The van der Waals surface area contributed by atoms with Crippen molar-refractivity contribution in [2.75, 3.05) is 0 Å². The molecule has 0 aliphatic heterocycles. The van der Waals surface area contributed by atoms with Gasteiger partial charge >= 0.3 is 29.6 Å². The first kappa shape index (κ1) is 25.8. The van der Waals surface area contributed by atoms with Gasteiger partial charge in [0.1, 0.15) is 0 Å². The number of rotatable bonds is 3. The third kappa shape index (κ3) is 59.7. The van der Waals surface area contributed by atoms with Gasteiger partial charge in [0.2, 0.25) is 0 Å². The van der Waals surface area contributed by atoms with Gasteiger partial charge in [0.25, 0.3) is 0 Å². The Balaban J connectivity index is -0.0000000400. The Morgan fingerprint density at radius 2 is 0.812 bits per heavy atom. The van der Waals surface area contributed by atoms with E-state index in [2.05, 4.69) is 37.9 Å². The molecule has 0 radical (unpaired) electrons. The number of thiol groups is 3. The predicted octanol–water partition coefficient (Wildman–Crippen LogP) is -0.325. The van der Waals surface area contributed by atoms with E-state index >= 15 is 0 Å². The van der Waals surface area contributed by atoms with Crippen LogP contribution < -0.4 is 29.6 Å². The summed E-state index contributed by atoms with van der Waals surface area (Å²) in [6, 6.07) is 0. The average molecular weight is 294 g/mol. The smallest absolute Gasteiger partial charge is 1.00 e. The fourth-order valence-corrected chi connectivity index (χ4v) is 0. The molecule has 0 unspecified atom stereocenters. The SMILES string of the molecule is CCC(=O)S.CCC(=O)S.CCC(=O)S.[H-].[Na+]. The van der Waals surface area contributed by atoms with Gasteiger partial charge in [-0.2, -0.15) is 0 Å². The normalized spacial score (nSPS) is 7.12. The molecule has 0 bridgehead atoms. The van der Waals surface area contributed by atoms with Gasteiger partial charge in [-0.25, -0.2) is 0 Å². The van der Waals surface area contributed by atoms with E-state index in [1.54, 1.807) is 20.8 Å². The first-order valence-corrected chi connectivity index (χ1v) is 5.81. The summed E-state index contributed by atoms with van der Waals surface area (Å²) < 4.78 is 0. The van der Waals surface area contributed by atoms with Gasteiger partial charge in [-0.3, -0.25) is 14.4 Å². The van der Waals surface area contributed by atoms with Gasteiger partial charge in [0, 0.05) is 19.3 Å². The molecule has 0 atom stereocenters. The van der Waals surface area contributed by atoms with Crippen molar-refractivity contribution in [2.24, 2.45) is 0 Å². The molecule has 0 aromatic carbocycles. The summed E-state index contributed by atoms with van der Waals surface area (Å²) in [5, 5.41) is -0.153. The van der Waals surface area contributed by atoms with Crippen molar-refractivity contribution in [3.05, 3.63) is 0 Å². The Morgan fingerprint density at radius 3 is 0.812 bits per heavy atom. The van der Waals surface area contributed by atoms with E-state index in [0.717, 1.165) is 0 Å². The van der Waals surface area contributed by atoms with E-state index in [-0.39, 0.29) is 46.3 Å². The van der Waals surface area contributed by atoms with Crippen molar-refractivity contribution in [3.8, 4) is 0 Å². The molecule has 0 amide bonds. The maximum absolute atomic E-state index is 9.68. The quantitative estimate of drug-likeness (QED) is 0.494. The Labute approximate surface area is 138 Å². The van der Waals surface area contributed by atoms with Crippen molar-refractivity contribution in [1.82, 2.24) is 0 Å². The summed E-state index contributed by atoms with van der Waals surface area (Å²) in [6.45, 7) is 5.32. The second kappa shape index (κ2) is 21.4. The van der Waals surface area contributed by atoms with Crippen molar-refractivity contribution in [1.29, 1.82) is 0 Å². The minimum Gasteiger partial charge on any atom is -1.00 e. The van der Waals surface area contributed by atoms with Gasteiger partial charge in [0.05, 0.1) is 0 Å². The Kier molecular flexibility index (Phi) is 34.4. The van der Waals surface area contributed by atoms with Gasteiger partial charge in [-0.1, -0.05) is 20.8 Å². The largest absolute Gasteiger partial charge is 1.00 e. The molecule has 0 aromatic heterocycles. The van der Waals surface area contributed by atoms with Crippen LogP contribution in [0.1, 0.15) is 41.5 Å². The van der Waals surface area contributed by atoms with Crippen molar-refractivity contribution in [3.63, 3.8) is 0 Å². The topological polar surface area (TPSA) is 51.2 Å². The molecule has 0 heterocycles. The van der Waals surface area contributed by atoms with Crippen LogP contribution in [0.3, 0.4) is 0 Å². The fraction of sp³-hybridized carbons (Fsp3) is 0.667. The van der Waals surface area contributed by atoms with Crippen molar-refractivity contribution >= 4 is 53.2 Å². The van der Waals surface area contributed by atoms with E-state index in [1.807, 2.05) is 0 Å². The molecular weight excluding hydrogens is 275 g/mol. The van der Waals surface area contributed by atoms with Crippen molar-refractivity contribution in [2.45, 2.75) is 40.0 Å². The molecule has 16 heavy (non-hydrogen) atoms. The van der Waals surface area contributed by atoms with E-state index in [4.69, 9.17) is 0 Å². The first-order chi connectivity index (χ1) is 6.81. The summed E-state index contributed by atoms with van der Waals surface area (Å²) >= 11 is 10.4. The summed E-state index contributed by atoms with van der Waals surface area (Å²) in [4.78, 5) is 29.0. The van der Waals surface area contributed by atoms with Gasteiger partial charge in [-0.15, -0.1) is 37.9 Å². The number of carbonyl (C=O) groups is 3. The molecule has 92 valence electrons. The Bertz CT molecular complexity index is 171. The molecule has 0 saturated carbocycles. The van der Waals surface area contributed by atoms with E-state index in [9.17, 15) is 14.4 Å². The van der Waals surface area contributed by atoms with Crippen LogP contribution in [0, 0.1) is 0 Å². The van der Waals surface area contributed by atoms with Crippen LogP contribution in [0.15, 0.2) is 0 Å². The maximum Gasteiger partial charge on any atom is 1.00 e. The van der Waals surface area contributed by atoms with Crippen LogP contribution in [-0.4, -0.2) is 15.3 Å². The summed E-state index contributed by atoms with van der Waals surface area (Å²) in [7, 11) is 0. The molecule has 0 aromatic rings. The van der Waals surface area contributed by atoms with Crippen LogP contribution in [0.25, 0.3) is 0 Å². The standard InChI is InChI=1S/3C3H6OS.Na.H/c3*1-2-3(4)5;;/h3*2H2,1H3,(H,4,5);;/q;;;+1;-1. The van der Waals surface area contributed by atoms with Crippen LogP contribution in [-0.2, 0) is 14.4 Å². The molecule has 3 nitrogen and oxygen atoms in total. The summed E-state index contributed by atoms with van der Waals surface area (Å²) in [6.07, 6.45) is 1.59. The maximum atomic E-state index is 9.68. The molecule has 0 saturated heterocycles. The zero-order chi connectivity index (χ0) is 12.9. The zero-order valence-corrected chi connectivity index (χ0v) is 14.9. The molecule has 0 rings (SSSR count). The number of hydrogen-bond donors (Lipinski definition) is 3. The Morgan fingerprint density at radius 1 is 0.750 bits per heavy atom.